The highest BCUT2D eigenvalue weighted by molar-refractivity contribution is 6.31. The largest absolute Gasteiger partial charge is 0.314 e. The van der Waals surface area contributed by atoms with Crippen LogP contribution in [0, 0.1) is 0 Å². The average Bonchev–Trinajstić information content (AvgIpc) is 3.30. The second-order valence-corrected chi connectivity index (χ2v) is 21.4. The van der Waals surface area contributed by atoms with Crippen LogP contribution in [0.3, 0.4) is 0 Å². The molecule has 6 aliphatic rings. The van der Waals surface area contributed by atoms with E-state index in [4.69, 9.17) is 0 Å². The quantitative estimate of drug-likeness (QED) is 0.154. The van der Waals surface area contributed by atoms with E-state index in [2.05, 4.69) is 211 Å². The number of benzene rings is 7. The molecule has 0 radical (unpaired) electrons. The van der Waals surface area contributed by atoms with Crippen molar-refractivity contribution in [3.63, 3.8) is 0 Å². The van der Waals surface area contributed by atoms with Crippen molar-refractivity contribution < 1.29 is 0 Å². The van der Waals surface area contributed by atoms with E-state index in [-0.39, 0.29) is 21.7 Å². The van der Waals surface area contributed by atoms with Gasteiger partial charge in [0, 0.05) is 44.4 Å². The highest BCUT2D eigenvalue weighted by Crippen LogP contribution is 2.69. The molecule has 2 nitrogen and oxygen atoms in total. The van der Waals surface area contributed by atoms with Gasteiger partial charge in [0.05, 0.1) is 11.4 Å². The lowest BCUT2D eigenvalue weighted by Crippen LogP contribution is -2.37. The summed E-state index contributed by atoms with van der Waals surface area (Å²) >= 11 is 0. The minimum atomic E-state index is -0.308. The first kappa shape index (κ1) is 38.1. The van der Waals surface area contributed by atoms with Crippen LogP contribution in [0.5, 0.6) is 0 Å². The second kappa shape index (κ2) is 12.7. The van der Waals surface area contributed by atoms with Crippen LogP contribution in [0.2, 0.25) is 0 Å². The fraction of sp³-hybridized carbons (Fsp3) is 0.258. The molecule has 0 aliphatic heterocycles. The molecule has 0 atom stereocenters. The Bertz CT molecular complexity index is 3360. The van der Waals surface area contributed by atoms with Crippen LogP contribution in [-0.2, 0) is 21.7 Å². The van der Waals surface area contributed by atoms with E-state index in [9.17, 15) is 0 Å². The summed E-state index contributed by atoms with van der Waals surface area (Å²) < 4.78 is 0. The molecule has 13 rings (SSSR count). The van der Waals surface area contributed by atoms with Gasteiger partial charge in [-0.25, -0.2) is 0 Å². The van der Waals surface area contributed by atoms with E-state index in [0.717, 1.165) is 25.7 Å². The molecule has 314 valence electrons. The summed E-state index contributed by atoms with van der Waals surface area (Å²) in [5, 5.41) is 5.86. The molecule has 64 heavy (non-hydrogen) atoms. The molecule has 0 saturated heterocycles. The number of allylic oxidation sites excluding steroid dienone is 7. The first-order valence-corrected chi connectivity index (χ1v) is 23.8. The SMILES string of the molecule is CC1(C)c2cccc3c2-c2c4c1cc(N(C1=CC=CCC1)c1ccccc1)c1c4c4c5c(cc(N(C6=CCCC=C6)c6ccccc6)c(c25)C3(C)C)C(C)(C)c2cccc(c2-4)C1(C)C. The Labute approximate surface area is 379 Å². The van der Waals surface area contributed by atoms with E-state index in [1.165, 1.54) is 122 Å². The Hall–Kier alpha value is -6.38. The fourth-order valence-corrected chi connectivity index (χ4v) is 13.6. The van der Waals surface area contributed by atoms with E-state index >= 15 is 0 Å². The van der Waals surface area contributed by atoms with Crippen LogP contribution >= 0.6 is 0 Å². The lowest BCUT2D eigenvalue weighted by Gasteiger charge is -2.51. The van der Waals surface area contributed by atoms with Gasteiger partial charge in [-0.1, -0.05) is 152 Å². The van der Waals surface area contributed by atoms with Crippen molar-refractivity contribution >= 4 is 44.3 Å². The molecule has 0 heterocycles. The van der Waals surface area contributed by atoms with Crippen LogP contribution < -0.4 is 9.80 Å². The minimum absolute atomic E-state index is 0.269. The van der Waals surface area contributed by atoms with Gasteiger partial charge in [0.1, 0.15) is 0 Å². The molecular weight excluding hydrogens is 773 g/mol. The van der Waals surface area contributed by atoms with E-state index in [1.807, 2.05) is 0 Å². The van der Waals surface area contributed by atoms with Crippen molar-refractivity contribution in [1.29, 1.82) is 0 Å². The van der Waals surface area contributed by atoms with Crippen LogP contribution in [0.15, 0.2) is 157 Å². The van der Waals surface area contributed by atoms with Crippen LogP contribution in [0.1, 0.15) is 126 Å². The molecule has 7 aromatic rings. The van der Waals surface area contributed by atoms with Gasteiger partial charge in [-0.15, -0.1) is 0 Å². The predicted molar refractivity (Wildman–Crippen MR) is 271 cm³/mol. The first-order valence-electron chi connectivity index (χ1n) is 23.8. The molecule has 6 aliphatic carbocycles. The summed E-state index contributed by atoms with van der Waals surface area (Å²) in [6.07, 6.45) is 18.3. The highest BCUT2D eigenvalue weighted by Gasteiger charge is 2.52. The summed E-state index contributed by atoms with van der Waals surface area (Å²) in [4.78, 5) is 5.25. The predicted octanol–water partition coefficient (Wildman–Crippen LogP) is 16.6. The first-order chi connectivity index (χ1) is 30.8. The third kappa shape index (κ3) is 4.61. The number of anilines is 4. The third-order valence-corrected chi connectivity index (χ3v) is 16.6. The summed E-state index contributed by atoms with van der Waals surface area (Å²) in [6, 6.07) is 42.3. The van der Waals surface area contributed by atoms with Gasteiger partial charge in [0.2, 0.25) is 0 Å². The van der Waals surface area contributed by atoms with E-state index < -0.39 is 0 Å². The maximum absolute atomic E-state index is 2.66. The van der Waals surface area contributed by atoms with Crippen molar-refractivity contribution in [2.75, 3.05) is 9.80 Å². The fourth-order valence-electron chi connectivity index (χ4n) is 13.6. The zero-order chi connectivity index (χ0) is 43.7. The molecule has 0 aromatic heterocycles. The number of rotatable bonds is 6. The molecule has 0 spiro atoms. The topological polar surface area (TPSA) is 6.48 Å². The summed E-state index contributed by atoms with van der Waals surface area (Å²) in [5.41, 5.74) is 23.9. The summed E-state index contributed by atoms with van der Waals surface area (Å²) in [5.74, 6) is 0. The molecule has 0 fully saturated rings. The third-order valence-electron chi connectivity index (χ3n) is 16.6. The second-order valence-electron chi connectivity index (χ2n) is 21.4. The normalized spacial score (nSPS) is 18.9. The minimum Gasteiger partial charge on any atom is -0.314 e. The number of nitrogens with zero attached hydrogens (tertiary/aromatic N) is 2. The highest BCUT2D eigenvalue weighted by atomic mass is 15.2. The molecule has 0 amide bonds. The summed E-state index contributed by atoms with van der Waals surface area (Å²) in [7, 11) is 0. The Balaban J connectivity index is 1.32. The summed E-state index contributed by atoms with van der Waals surface area (Å²) in [6.45, 7) is 20.1. The molecule has 0 unspecified atom stereocenters. The molecule has 0 N–H and O–H groups in total. The smallest absolute Gasteiger partial charge is 0.0512 e. The van der Waals surface area contributed by atoms with Gasteiger partial charge in [0.25, 0.3) is 0 Å². The van der Waals surface area contributed by atoms with Crippen molar-refractivity contribution in [3.05, 3.63) is 202 Å². The van der Waals surface area contributed by atoms with Crippen molar-refractivity contribution in [1.82, 2.24) is 0 Å². The molecule has 0 bridgehead atoms. The van der Waals surface area contributed by atoms with Gasteiger partial charge < -0.3 is 9.80 Å². The lowest BCUT2D eigenvalue weighted by atomic mass is 9.53. The van der Waals surface area contributed by atoms with Crippen LogP contribution in [-0.4, -0.2) is 0 Å². The number of para-hydroxylation sites is 2. The van der Waals surface area contributed by atoms with Gasteiger partial charge in [-0.3, -0.25) is 0 Å². The Morgan fingerprint density at radius 1 is 0.422 bits per heavy atom. The van der Waals surface area contributed by atoms with Gasteiger partial charge in [-0.05, 0) is 163 Å². The Kier molecular flexibility index (Phi) is 7.54. The van der Waals surface area contributed by atoms with Crippen LogP contribution in [0.4, 0.5) is 22.7 Å². The van der Waals surface area contributed by atoms with E-state index in [1.54, 1.807) is 0 Å². The van der Waals surface area contributed by atoms with Gasteiger partial charge in [0.15, 0.2) is 0 Å². The van der Waals surface area contributed by atoms with Crippen molar-refractivity contribution in [2.24, 2.45) is 0 Å². The van der Waals surface area contributed by atoms with Gasteiger partial charge in [-0.2, -0.15) is 0 Å². The maximum Gasteiger partial charge on any atom is 0.0512 e. The van der Waals surface area contributed by atoms with E-state index in [0.29, 0.717) is 0 Å². The van der Waals surface area contributed by atoms with Crippen LogP contribution in [0.25, 0.3) is 43.8 Å². The average molecular weight is 829 g/mol. The molecular formula is C62H56N2. The standard InChI is InChI=1S/C62H56N2/c1-59(2)41-31-21-33-43-49(41)53-51-45(59)35-47(63(37-23-13-9-14-24-37)38-25-15-10-16-26-38)57-55(51)54-50-42(32-22-34-44(50)62(57,7)8)60(3,4)46-36-48(58(61(43,5)6)56(53)52(46)54)64(39-27-17-11-18-28-39)40-29-19-12-20-30-40/h9-11,13-15,17-19,21-25,27-36H,12,16,20,26H2,1-8H3. The zero-order valence-corrected chi connectivity index (χ0v) is 38.6. The number of hydrogen-bond donors (Lipinski definition) is 0. The number of hydrogen-bond acceptors (Lipinski definition) is 2. The van der Waals surface area contributed by atoms with Gasteiger partial charge >= 0.3 is 0 Å². The molecule has 2 heteroatoms. The lowest BCUT2D eigenvalue weighted by molar-refractivity contribution is 0.606. The van der Waals surface area contributed by atoms with Crippen molar-refractivity contribution in [2.45, 2.75) is 103 Å². The maximum atomic E-state index is 2.66. The Morgan fingerprint density at radius 3 is 1.38 bits per heavy atom. The molecule has 0 saturated carbocycles. The Morgan fingerprint density at radius 2 is 0.906 bits per heavy atom. The monoisotopic (exact) mass is 828 g/mol. The molecule has 7 aromatic carbocycles. The zero-order valence-electron chi connectivity index (χ0n) is 38.6. The van der Waals surface area contributed by atoms with Crippen molar-refractivity contribution in [3.8, 4) is 22.3 Å².